The molecule has 0 bridgehead atoms. The Balaban J connectivity index is 1.49. The van der Waals surface area contributed by atoms with E-state index in [9.17, 15) is 9.59 Å². The molecule has 1 N–H and O–H groups in total. The van der Waals surface area contributed by atoms with Crippen LogP contribution in [-0.2, 0) is 14.3 Å². The van der Waals surface area contributed by atoms with Crippen LogP contribution in [0.5, 0.6) is 17.5 Å². The van der Waals surface area contributed by atoms with Gasteiger partial charge in [0.15, 0.2) is 5.69 Å². The molecule has 11 nitrogen and oxygen atoms in total. The molecule has 1 aromatic heterocycles. The summed E-state index contributed by atoms with van der Waals surface area (Å²) in [4.78, 5) is 39.1. The molecule has 2 atom stereocenters. The monoisotopic (exact) mass is 555 g/mol. The van der Waals surface area contributed by atoms with E-state index >= 15 is 0 Å². The lowest BCUT2D eigenvalue weighted by atomic mass is 10.2. The number of carbonyl (C=O) groups excluding carboxylic acids is 2. The number of hydrogen-bond donors (Lipinski definition) is 1. The largest absolute Gasteiger partial charge is 0.479 e. The summed E-state index contributed by atoms with van der Waals surface area (Å²) >= 11 is 0. The summed E-state index contributed by atoms with van der Waals surface area (Å²) < 4.78 is 22.5. The van der Waals surface area contributed by atoms with E-state index in [1.807, 2.05) is 31.0 Å². The van der Waals surface area contributed by atoms with Crippen LogP contribution in [-0.4, -0.2) is 88.2 Å². The number of likely N-dealkylation sites (tertiary alicyclic amines) is 1. The number of benzene rings is 1. The lowest BCUT2D eigenvalue weighted by Gasteiger charge is -2.25. The molecule has 2 aromatic rings. The van der Waals surface area contributed by atoms with Crippen molar-refractivity contribution >= 4 is 36.6 Å². The molecule has 39 heavy (non-hydrogen) atoms. The third-order valence-corrected chi connectivity index (χ3v) is 8.99. The predicted octanol–water partition coefficient (Wildman–Crippen LogP) is 2.31. The van der Waals surface area contributed by atoms with Crippen LogP contribution in [0.1, 0.15) is 12.0 Å². The summed E-state index contributed by atoms with van der Waals surface area (Å²) in [6.45, 7) is 10.5. The van der Waals surface area contributed by atoms with E-state index in [-0.39, 0.29) is 29.4 Å². The Morgan fingerprint density at radius 2 is 1.85 bits per heavy atom. The van der Waals surface area contributed by atoms with Crippen molar-refractivity contribution in [2.24, 2.45) is 0 Å². The first-order chi connectivity index (χ1) is 18.4. The molecule has 3 heterocycles. The summed E-state index contributed by atoms with van der Waals surface area (Å²) in [6, 6.07) is 6.28. The molecule has 1 aromatic carbocycles. The molecular weight excluding hydrogens is 518 g/mol. The van der Waals surface area contributed by atoms with E-state index in [1.54, 1.807) is 0 Å². The first kappa shape index (κ1) is 28.4. The minimum Gasteiger partial charge on any atom is -0.479 e. The zero-order valence-electron chi connectivity index (χ0n) is 23.8. The summed E-state index contributed by atoms with van der Waals surface area (Å²) in [6.07, 6.45) is 0.721. The van der Waals surface area contributed by atoms with E-state index < -0.39 is 25.9 Å². The quantitative estimate of drug-likeness (QED) is 0.365. The first-order valence-electron chi connectivity index (χ1n) is 12.8. The number of hydrogen-bond acceptors (Lipinski definition) is 10. The number of rotatable bonds is 9. The van der Waals surface area contributed by atoms with Crippen LogP contribution in [0, 0.1) is 6.92 Å². The molecule has 4 rings (SSSR count). The SMILES string of the molecule is COc1nc(N(C)C2CCN(C)C2)nc(OC)c1NC(=O)C1OC(Oc2cc([Si](C)(C)C)ccc2C)=CC1=O. The Morgan fingerprint density at radius 1 is 1.18 bits per heavy atom. The Bertz CT molecular complexity index is 1270. The average molecular weight is 556 g/mol. The molecule has 1 amide bonds. The second kappa shape index (κ2) is 11.2. The summed E-state index contributed by atoms with van der Waals surface area (Å²) in [5.74, 6) is -0.0922. The number of aryl methyl sites for hydroxylation is 1. The van der Waals surface area contributed by atoms with Crippen molar-refractivity contribution in [2.45, 2.75) is 45.1 Å². The summed E-state index contributed by atoms with van der Waals surface area (Å²) in [7, 11) is 5.27. The van der Waals surface area contributed by atoms with Gasteiger partial charge in [-0.3, -0.25) is 9.59 Å². The van der Waals surface area contributed by atoms with Crippen LogP contribution in [0.25, 0.3) is 0 Å². The maximum atomic E-state index is 13.2. The number of methoxy groups -OCH3 is 2. The lowest BCUT2D eigenvalue weighted by molar-refractivity contribution is -0.134. The molecule has 0 radical (unpaired) electrons. The third-order valence-electron chi connectivity index (χ3n) is 6.95. The topological polar surface area (TPSA) is 115 Å². The number of aromatic nitrogens is 2. The second-order valence-corrected chi connectivity index (χ2v) is 16.0. The van der Waals surface area contributed by atoms with Crippen molar-refractivity contribution in [3.63, 3.8) is 0 Å². The van der Waals surface area contributed by atoms with Gasteiger partial charge in [0, 0.05) is 19.6 Å². The molecule has 0 saturated carbocycles. The van der Waals surface area contributed by atoms with Gasteiger partial charge < -0.3 is 34.1 Å². The van der Waals surface area contributed by atoms with E-state index in [0.717, 1.165) is 25.1 Å². The number of ketones is 1. The highest BCUT2D eigenvalue weighted by Crippen LogP contribution is 2.35. The molecule has 0 aliphatic carbocycles. The molecule has 2 aliphatic heterocycles. The van der Waals surface area contributed by atoms with Gasteiger partial charge in [-0.1, -0.05) is 37.0 Å². The van der Waals surface area contributed by atoms with Crippen LogP contribution < -0.4 is 29.6 Å². The van der Waals surface area contributed by atoms with Crippen molar-refractivity contribution in [1.82, 2.24) is 14.9 Å². The van der Waals surface area contributed by atoms with E-state index in [2.05, 4.69) is 52.9 Å². The van der Waals surface area contributed by atoms with Crippen molar-refractivity contribution < 1.29 is 28.5 Å². The van der Waals surface area contributed by atoms with Gasteiger partial charge in [-0.15, -0.1) is 0 Å². The molecule has 210 valence electrons. The van der Waals surface area contributed by atoms with Gasteiger partial charge in [-0.25, -0.2) is 0 Å². The van der Waals surface area contributed by atoms with Crippen LogP contribution in [0.2, 0.25) is 19.6 Å². The van der Waals surface area contributed by atoms with Gasteiger partial charge in [0.2, 0.25) is 29.6 Å². The number of nitrogens with one attached hydrogen (secondary N) is 1. The molecule has 1 fully saturated rings. The normalized spacial score (nSPS) is 19.4. The number of amides is 1. The van der Waals surface area contributed by atoms with E-state index in [4.69, 9.17) is 18.9 Å². The minimum absolute atomic E-state index is 0.0374. The van der Waals surface area contributed by atoms with Crippen molar-refractivity contribution in [2.75, 3.05) is 51.6 Å². The van der Waals surface area contributed by atoms with E-state index in [0.29, 0.717) is 11.7 Å². The van der Waals surface area contributed by atoms with Crippen molar-refractivity contribution in [3.05, 3.63) is 35.8 Å². The standard InChI is InChI=1S/C27H37N5O6Si/c1-16-9-10-18(39(6,7)8)13-20(16)37-21-14-19(33)23(38-21)24(34)28-22-25(35-4)29-27(30-26(22)36-5)32(3)17-11-12-31(2)15-17/h9-10,13-14,17,23H,11-12,15H2,1-8H3,(H,28,34). The molecule has 0 spiro atoms. The smallest absolute Gasteiger partial charge is 0.289 e. The number of anilines is 2. The van der Waals surface area contributed by atoms with Gasteiger partial charge in [0.25, 0.3) is 11.9 Å². The highest BCUT2D eigenvalue weighted by atomic mass is 28.3. The zero-order valence-corrected chi connectivity index (χ0v) is 24.8. The zero-order chi connectivity index (χ0) is 28.5. The Morgan fingerprint density at radius 3 is 2.41 bits per heavy atom. The maximum absolute atomic E-state index is 13.2. The number of nitrogens with zero attached hydrogens (tertiary/aromatic N) is 4. The fraction of sp³-hybridized carbons (Fsp3) is 0.481. The van der Waals surface area contributed by atoms with E-state index in [1.165, 1.54) is 25.5 Å². The fourth-order valence-corrected chi connectivity index (χ4v) is 5.62. The van der Waals surface area contributed by atoms with Crippen LogP contribution >= 0.6 is 0 Å². The Labute approximate surface area is 230 Å². The molecule has 1 saturated heterocycles. The number of ether oxygens (including phenoxy) is 4. The molecular formula is C27H37N5O6Si. The predicted molar refractivity (Wildman–Crippen MR) is 151 cm³/mol. The summed E-state index contributed by atoms with van der Waals surface area (Å²) in [5, 5.41) is 3.86. The fourth-order valence-electron chi connectivity index (χ4n) is 4.47. The Hall–Kier alpha value is -3.64. The number of likely N-dealkylation sites (N-methyl/N-ethyl adjacent to an activating group) is 2. The summed E-state index contributed by atoms with van der Waals surface area (Å²) in [5.41, 5.74) is 0.998. The van der Waals surface area contributed by atoms with Gasteiger partial charge in [0.1, 0.15) is 5.75 Å². The van der Waals surface area contributed by atoms with Gasteiger partial charge in [0.05, 0.1) is 28.4 Å². The number of carbonyl (C=O) groups is 2. The lowest BCUT2D eigenvalue weighted by Crippen LogP contribution is -2.37. The van der Waals surface area contributed by atoms with Gasteiger partial charge in [-0.05, 0) is 38.6 Å². The highest BCUT2D eigenvalue weighted by Gasteiger charge is 2.37. The highest BCUT2D eigenvalue weighted by molar-refractivity contribution is 6.88. The molecule has 2 unspecified atom stereocenters. The molecule has 12 heteroatoms. The second-order valence-electron chi connectivity index (χ2n) is 10.9. The van der Waals surface area contributed by atoms with Crippen molar-refractivity contribution in [3.8, 4) is 17.5 Å². The van der Waals surface area contributed by atoms with Crippen LogP contribution in [0.4, 0.5) is 11.6 Å². The van der Waals surface area contributed by atoms with Crippen LogP contribution in [0.3, 0.4) is 0 Å². The van der Waals surface area contributed by atoms with Crippen molar-refractivity contribution in [1.29, 1.82) is 0 Å². The minimum atomic E-state index is -1.58. The van der Waals surface area contributed by atoms with Crippen LogP contribution in [0.15, 0.2) is 30.2 Å². The van der Waals surface area contributed by atoms with Gasteiger partial charge in [-0.2, -0.15) is 9.97 Å². The first-order valence-corrected chi connectivity index (χ1v) is 16.3. The van der Waals surface area contributed by atoms with Gasteiger partial charge >= 0.3 is 0 Å². The molecule has 2 aliphatic rings. The maximum Gasteiger partial charge on any atom is 0.289 e. The Kier molecular flexibility index (Phi) is 8.16. The third kappa shape index (κ3) is 6.17. The average Bonchev–Trinajstić information content (AvgIpc) is 3.49.